The summed E-state index contributed by atoms with van der Waals surface area (Å²) in [6, 6.07) is 5.02. The number of benzene rings is 1. The molecule has 1 saturated carbocycles. The third-order valence-corrected chi connectivity index (χ3v) is 4.11. The summed E-state index contributed by atoms with van der Waals surface area (Å²) < 4.78 is 13.5. The molecule has 0 spiro atoms. The van der Waals surface area contributed by atoms with E-state index < -0.39 is 0 Å². The molecule has 1 aromatic rings. The monoisotopic (exact) mass is 281 g/mol. The largest absolute Gasteiger partial charge is 0.316 e. The summed E-state index contributed by atoms with van der Waals surface area (Å²) in [4.78, 5) is 0. The third kappa shape index (κ3) is 4.05. The van der Waals surface area contributed by atoms with Crippen molar-refractivity contribution in [1.29, 1.82) is 0 Å². The fraction of sp³-hybridized carbons (Fsp3) is 0.500. The van der Waals surface area contributed by atoms with Crippen molar-refractivity contribution in [2.24, 2.45) is 5.92 Å². The predicted molar refractivity (Wildman–Crippen MR) is 79.9 cm³/mol. The van der Waals surface area contributed by atoms with E-state index in [1.165, 1.54) is 43.7 Å². The van der Waals surface area contributed by atoms with Crippen molar-refractivity contribution in [2.75, 3.05) is 13.6 Å². The van der Waals surface area contributed by atoms with E-state index >= 15 is 0 Å². The zero-order valence-corrected chi connectivity index (χ0v) is 12.1. The number of halogens is 2. The summed E-state index contributed by atoms with van der Waals surface area (Å²) in [6.07, 6.45) is 8.58. The van der Waals surface area contributed by atoms with Gasteiger partial charge >= 0.3 is 0 Å². The van der Waals surface area contributed by atoms with Gasteiger partial charge in [0.2, 0.25) is 0 Å². The summed E-state index contributed by atoms with van der Waals surface area (Å²) in [5.41, 5.74) is 2.28. The lowest BCUT2D eigenvalue weighted by Crippen LogP contribution is -2.19. The lowest BCUT2D eigenvalue weighted by molar-refractivity contribution is 0.398. The number of likely N-dealkylation sites (N-methyl/N-ethyl adjacent to an activating group) is 1. The number of hydrogen-bond acceptors (Lipinski definition) is 1. The van der Waals surface area contributed by atoms with Gasteiger partial charge in [0.05, 0.1) is 5.02 Å². The molecule has 3 heteroatoms. The van der Waals surface area contributed by atoms with Gasteiger partial charge in [-0.2, -0.15) is 0 Å². The van der Waals surface area contributed by atoms with Crippen LogP contribution in [0.3, 0.4) is 0 Å². The van der Waals surface area contributed by atoms with Gasteiger partial charge in [0.1, 0.15) is 5.82 Å². The molecule has 1 nitrogen and oxygen atoms in total. The summed E-state index contributed by atoms with van der Waals surface area (Å²) in [7, 11) is 1.96. The van der Waals surface area contributed by atoms with Crippen LogP contribution < -0.4 is 5.32 Å². The predicted octanol–water partition coefficient (Wildman–Crippen LogP) is 4.66. The third-order valence-electron chi connectivity index (χ3n) is 3.81. The van der Waals surface area contributed by atoms with Crippen LogP contribution in [-0.4, -0.2) is 13.6 Å². The van der Waals surface area contributed by atoms with E-state index in [0.29, 0.717) is 5.92 Å². The van der Waals surface area contributed by atoms with E-state index in [9.17, 15) is 4.39 Å². The maximum Gasteiger partial charge on any atom is 0.142 e. The minimum absolute atomic E-state index is 0.185. The second-order valence-electron chi connectivity index (χ2n) is 5.26. The molecule has 2 rings (SSSR count). The highest BCUT2D eigenvalue weighted by molar-refractivity contribution is 6.30. The summed E-state index contributed by atoms with van der Waals surface area (Å²) >= 11 is 5.72. The Labute approximate surface area is 119 Å². The second-order valence-corrected chi connectivity index (χ2v) is 5.67. The van der Waals surface area contributed by atoms with Crippen LogP contribution in [-0.2, 0) is 0 Å². The van der Waals surface area contributed by atoms with Crippen molar-refractivity contribution in [3.8, 4) is 0 Å². The Hall–Kier alpha value is -0.860. The van der Waals surface area contributed by atoms with Crippen LogP contribution in [0.5, 0.6) is 0 Å². The van der Waals surface area contributed by atoms with Crippen molar-refractivity contribution in [2.45, 2.75) is 32.1 Å². The van der Waals surface area contributed by atoms with E-state index in [4.69, 9.17) is 11.6 Å². The van der Waals surface area contributed by atoms with Crippen LogP contribution in [0, 0.1) is 11.7 Å². The van der Waals surface area contributed by atoms with Crippen molar-refractivity contribution in [3.05, 3.63) is 40.2 Å². The van der Waals surface area contributed by atoms with E-state index in [2.05, 4.69) is 11.4 Å². The molecule has 0 heterocycles. The van der Waals surface area contributed by atoms with E-state index in [1.54, 1.807) is 6.07 Å². The van der Waals surface area contributed by atoms with Crippen LogP contribution in [0.15, 0.2) is 23.8 Å². The summed E-state index contributed by atoms with van der Waals surface area (Å²) in [5.74, 6) is 0.294. The maximum atomic E-state index is 13.5. The Balaban J connectivity index is 2.20. The lowest BCUT2D eigenvalue weighted by atomic mass is 9.83. The van der Waals surface area contributed by atoms with Gasteiger partial charge in [-0.25, -0.2) is 4.39 Å². The summed E-state index contributed by atoms with van der Waals surface area (Å²) in [6.45, 7) is 0.870. The fourth-order valence-corrected chi connectivity index (χ4v) is 2.92. The van der Waals surface area contributed by atoms with Crippen molar-refractivity contribution < 1.29 is 4.39 Å². The van der Waals surface area contributed by atoms with Crippen LogP contribution in [0.1, 0.15) is 37.7 Å². The van der Waals surface area contributed by atoms with Crippen LogP contribution in [0.4, 0.5) is 4.39 Å². The van der Waals surface area contributed by atoms with E-state index in [-0.39, 0.29) is 10.8 Å². The van der Waals surface area contributed by atoms with Gasteiger partial charge in [-0.15, -0.1) is 0 Å². The topological polar surface area (TPSA) is 12.0 Å². The molecule has 1 aromatic carbocycles. The molecule has 1 aliphatic rings. The first kappa shape index (κ1) is 14.5. The first-order valence-electron chi connectivity index (χ1n) is 7.01. The highest BCUT2D eigenvalue weighted by atomic mass is 35.5. The van der Waals surface area contributed by atoms with Gasteiger partial charge in [0.25, 0.3) is 0 Å². The molecule has 19 heavy (non-hydrogen) atoms. The molecule has 1 aliphatic carbocycles. The quantitative estimate of drug-likeness (QED) is 0.846. The highest BCUT2D eigenvalue weighted by Gasteiger charge is 2.17. The Bertz CT molecular complexity index is 450. The second kappa shape index (κ2) is 7.06. The van der Waals surface area contributed by atoms with Crippen LogP contribution in [0.2, 0.25) is 5.02 Å². The lowest BCUT2D eigenvalue weighted by Gasteiger charge is -2.24. The van der Waals surface area contributed by atoms with Gasteiger partial charge in [-0.05, 0) is 43.5 Å². The van der Waals surface area contributed by atoms with Gasteiger partial charge in [0, 0.05) is 6.54 Å². The molecule has 0 aliphatic heterocycles. The molecule has 0 bridgehead atoms. The average molecular weight is 282 g/mol. The number of nitrogens with one attached hydrogen (secondary N) is 1. The fourth-order valence-electron chi connectivity index (χ4n) is 2.81. The maximum absolute atomic E-state index is 13.5. The van der Waals surface area contributed by atoms with Gasteiger partial charge < -0.3 is 5.32 Å². The zero-order valence-electron chi connectivity index (χ0n) is 11.4. The smallest absolute Gasteiger partial charge is 0.142 e. The molecule has 0 amide bonds. The number of rotatable bonds is 4. The Morgan fingerprint density at radius 3 is 2.74 bits per heavy atom. The minimum Gasteiger partial charge on any atom is -0.316 e. The molecule has 0 atom stereocenters. The molecule has 0 aromatic heterocycles. The molecule has 0 saturated heterocycles. The molecular formula is C16H21ClFN. The summed E-state index contributed by atoms with van der Waals surface area (Å²) in [5, 5.41) is 3.41. The first-order chi connectivity index (χ1) is 9.20. The Morgan fingerprint density at radius 2 is 2.11 bits per heavy atom. The Kier molecular flexibility index (Phi) is 5.41. The first-order valence-corrected chi connectivity index (χ1v) is 7.38. The highest BCUT2D eigenvalue weighted by Crippen LogP contribution is 2.30. The van der Waals surface area contributed by atoms with E-state index in [1.807, 2.05) is 13.1 Å². The average Bonchev–Trinajstić information content (AvgIpc) is 2.43. The van der Waals surface area contributed by atoms with Crippen LogP contribution >= 0.6 is 11.6 Å². The molecule has 0 radical (unpaired) electrons. The minimum atomic E-state index is -0.345. The van der Waals surface area contributed by atoms with Gasteiger partial charge in [-0.3, -0.25) is 0 Å². The molecule has 0 unspecified atom stereocenters. The Morgan fingerprint density at radius 1 is 1.37 bits per heavy atom. The van der Waals surface area contributed by atoms with Crippen molar-refractivity contribution in [1.82, 2.24) is 5.32 Å². The molecule has 104 valence electrons. The van der Waals surface area contributed by atoms with Crippen molar-refractivity contribution in [3.63, 3.8) is 0 Å². The standard InChI is InChI=1S/C16H21ClFN/c1-19-11-14(13-5-3-2-4-6-13)9-12-7-8-15(17)16(18)10-12/h7-10,13,19H,2-6,11H2,1H3. The molecular weight excluding hydrogens is 261 g/mol. The normalized spacial score (nSPS) is 17.7. The van der Waals surface area contributed by atoms with Gasteiger partial charge in [0.15, 0.2) is 0 Å². The molecule has 1 N–H and O–H groups in total. The van der Waals surface area contributed by atoms with Gasteiger partial charge in [-0.1, -0.05) is 48.6 Å². The molecule has 1 fully saturated rings. The zero-order chi connectivity index (χ0) is 13.7. The van der Waals surface area contributed by atoms with E-state index in [0.717, 1.165) is 12.1 Å². The number of hydrogen-bond donors (Lipinski definition) is 1. The van der Waals surface area contributed by atoms with Crippen LogP contribution in [0.25, 0.3) is 6.08 Å². The SMILES string of the molecule is CNCC(=Cc1ccc(Cl)c(F)c1)C1CCCCC1. The van der Waals surface area contributed by atoms with Crippen molar-refractivity contribution >= 4 is 17.7 Å².